The van der Waals surface area contributed by atoms with E-state index in [9.17, 15) is 0 Å². The Bertz CT molecular complexity index is 618. The molecule has 0 aliphatic heterocycles. The molecular formula is C13H11N5. The zero-order valence-electron chi connectivity index (χ0n) is 9.54. The van der Waals surface area contributed by atoms with Crippen LogP contribution < -0.4 is 5.32 Å². The summed E-state index contributed by atoms with van der Waals surface area (Å²) in [7, 11) is 0. The summed E-state index contributed by atoms with van der Waals surface area (Å²) in [6.45, 7) is 0. The first-order chi connectivity index (χ1) is 8.93. The van der Waals surface area contributed by atoms with Crippen molar-refractivity contribution in [3.05, 3.63) is 55.0 Å². The number of rotatable bonds is 3. The van der Waals surface area contributed by atoms with Crippen LogP contribution in [-0.4, -0.2) is 20.2 Å². The predicted molar refractivity (Wildman–Crippen MR) is 69.3 cm³/mol. The highest BCUT2D eigenvalue weighted by atomic mass is 15.2. The van der Waals surface area contributed by atoms with Gasteiger partial charge in [-0.2, -0.15) is 5.10 Å². The van der Waals surface area contributed by atoms with E-state index in [1.807, 2.05) is 30.3 Å². The third-order valence-corrected chi connectivity index (χ3v) is 2.49. The summed E-state index contributed by atoms with van der Waals surface area (Å²) < 4.78 is 0. The lowest BCUT2D eigenvalue weighted by atomic mass is 10.2. The van der Waals surface area contributed by atoms with Crippen molar-refractivity contribution in [1.29, 1.82) is 0 Å². The molecule has 18 heavy (non-hydrogen) atoms. The van der Waals surface area contributed by atoms with Gasteiger partial charge < -0.3 is 5.32 Å². The number of nitrogens with zero attached hydrogens (tertiary/aromatic N) is 3. The Labute approximate surface area is 104 Å². The Balaban J connectivity index is 1.93. The summed E-state index contributed by atoms with van der Waals surface area (Å²) in [5.74, 6) is 1.43. The van der Waals surface area contributed by atoms with Crippen LogP contribution in [0.2, 0.25) is 0 Å². The van der Waals surface area contributed by atoms with Gasteiger partial charge in [0.1, 0.15) is 5.82 Å². The van der Waals surface area contributed by atoms with E-state index in [0.717, 1.165) is 17.1 Å². The molecule has 0 spiro atoms. The lowest BCUT2D eigenvalue weighted by Gasteiger charge is -2.05. The monoisotopic (exact) mass is 237 g/mol. The highest BCUT2D eigenvalue weighted by Crippen LogP contribution is 2.24. The van der Waals surface area contributed by atoms with Gasteiger partial charge in [0.05, 0.1) is 11.8 Å². The SMILES string of the molecule is c1ccc(Nc2[nH]ncc2-c2ncccn2)cc1. The molecule has 2 heterocycles. The van der Waals surface area contributed by atoms with E-state index in [1.54, 1.807) is 24.7 Å². The highest BCUT2D eigenvalue weighted by molar-refractivity contribution is 5.73. The maximum Gasteiger partial charge on any atom is 0.164 e. The van der Waals surface area contributed by atoms with Crippen LogP contribution in [-0.2, 0) is 0 Å². The van der Waals surface area contributed by atoms with Crippen molar-refractivity contribution in [2.45, 2.75) is 0 Å². The van der Waals surface area contributed by atoms with Crippen LogP contribution in [0.4, 0.5) is 11.5 Å². The van der Waals surface area contributed by atoms with Crippen LogP contribution in [0.3, 0.4) is 0 Å². The standard InChI is InChI=1S/C13H11N5/c1-2-5-10(6-3-1)17-13-11(9-16-18-13)12-14-7-4-8-15-12/h1-9H,(H2,16,17,18). The molecule has 5 nitrogen and oxygen atoms in total. The molecule has 0 saturated heterocycles. The smallest absolute Gasteiger partial charge is 0.164 e. The van der Waals surface area contributed by atoms with Gasteiger partial charge in [0.15, 0.2) is 5.82 Å². The Morgan fingerprint density at radius 2 is 1.72 bits per heavy atom. The Hall–Kier alpha value is -2.69. The predicted octanol–water partition coefficient (Wildman–Crippen LogP) is 2.61. The summed E-state index contributed by atoms with van der Waals surface area (Å²) in [5, 5.41) is 10.2. The number of hydrogen-bond acceptors (Lipinski definition) is 4. The molecule has 1 aromatic carbocycles. The fraction of sp³-hybridized carbons (Fsp3) is 0. The third kappa shape index (κ3) is 2.06. The zero-order chi connectivity index (χ0) is 12.2. The lowest BCUT2D eigenvalue weighted by molar-refractivity contribution is 1.09. The molecule has 2 aromatic heterocycles. The summed E-state index contributed by atoms with van der Waals surface area (Å²) >= 11 is 0. The molecule has 0 unspecified atom stereocenters. The molecule has 3 rings (SSSR count). The van der Waals surface area contributed by atoms with Gasteiger partial charge in [-0.05, 0) is 18.2 Å². The quantitative estimate of drug-likeness (QED) is 0.734. The maximum atomic E-state index is 4.21. The zero-order valence-corrected chi connectivity index (χ0v) is 9.54. The Kier molecular flexibility index (Phi) is 2.71. The fourth-order valence-electron chi connectivity index (χ4n) is 1.65. The molecule has 88 valence electrons. The third-order valence-electron chi connectivity index (χ3n) is 2.49. The van der Waals surface area contributed by atoms with Gasteiger partial charge in [0.25, 0.3) is 0 Å². The fourth-order valence-corrected chi connectivity index (χ4v) is 1.65. The van der Waals surface area contributed by atoms with Crippen molar-refractivity contribution in [3.63, 3.8) is 0 Å². The van der Waals surface area contributed by atoms with Crippen molar-refractivity contribution in [2.75, 3.05) is 5.32 Å². The molecule has 0 amide bonds. The van der Waals surface area contributed by atoms with Crippen LogP contribution in [0.5, 0.6) is 0 Å². The van der Waals surface area contributed by atoms with Crippen LogP contribution in [0, 0.1) is 0 Å². The largest absolute Gasteiger partial charge is 0.340 e. The van der Waals surface area contributed by atoms with Crippen molar-refractivity contribution < 1.29 is 0 Å². The summed E-state index contributed by atoms with van der Waals surface area (Å²) in [4.78, 5) is 8.42. The number of aromatic amines is 1. The van der Waals surface area contributed by atoms with Crippen molar-refractivity contribution in [2.24, 2.45) is 0 Å². The summed E-state index contributed by atoms with van der Waals surface area (Å²) in [6.07, 6.45) is 5.13. The van der Waals surface area contributed by atoms with E-state index in [4.69, 9.17) is 0 Å². The van der Waals surface area contributed by atoms with Gasteiger partial charge in [-0.1, -0.05) is 18.2 Å². The number of nitrogens with one attached hydrogen (secondary N) is 2. The van der Waals surface area contributed by atoms with E-state index >= 15 is 0 Å². The number of benzene rings is 1. The Morgan fingerprint density at radius 1 is 0.944 bits per heavy atom. The van der Waals surface area contributed by atoms with Crippen LogP contribution in [0.15, 0.2) is 55.0 Å². The second-order valence-corrected chi connectivity index (χ2v) is 3.72. The van der Waals surface area contributed by atoms with Crippen molar-refractivity contribution >= 4 is 11.5 Å². The maximum absolute atomic E-state index is 4.21. The molecular weight excluding hydrogens is 226 g/mol. The number of H-pyrrole nitrogens is 1. The molecule has 3 aromatic rings. The number of para-hydroxylation sites is 1. The topological polar surface area (TPSA) is 66.5 Å². The van der Waals surface area contributed by atoms with Gasteiger partial charge in [-0.3, -0.25) is 5.10 Å². The van der Waals surface area contributed by atoms with Crippen LogP contribution >= 0.6 is 0 Å². The lowest BCUT2D eigenvalue weighted by Crippen LogP contribution is -1.94. The average Bonchev–Trinajstić information content (AvgIpc) is 2.89. The first-order valence-corrected chi connectivity index (χ1v) is 5.56. The average molecular weight is 237 g/mol. The van der Waals surface area contributed by atoms with Gasteiger partial charge >= 0.3 is 0 Å². The van der Waals surface area contributed by atoms with E-state index in [0.29, 0.717) is 5.82 Å². The Morgan fingerprint density at radius 3 is 2.50 bits per heavy atom. The number of aromatic nitrogens is 4. The van der Waals surface area contributed by atoms with Crippen LogP contribution in [0.1, 0.15) is 0 Å². The van der Waals surface area contributed by atoms with Crippen molar-refractivity contribution in [1.82, 2.24) is 20.2 Å². The molecule has 0 atom stereocenters. The molecule has 5 heteroatoms. The number of anilines is 2. The second kappa shape index (κ2) is 4.67. The minimum Gasteiger partial charge on any atom is -0.340 e. The van der Waals surface area contributed by atoms with Gasteiger partial charge in [0.2, 0.25) is 0 Å². The summed E-state index contributed by atoms with van der Waals surface area (Å²) in [5.41, 5.74) is 1.83. The molecule has 0 saturated carbocycles. The minimum absolute atomic E-state index is 0.643. The molecule has 2 N–H and O–H groups in total. The molecule has 0 fully saturated rings. The van der Waals surface area contributed by atoms with Crippen molar-refractivity contribution in [3.8, 4) is 11.4 Å². The number of hydrogen-bond donors (Lipinski definition) is 2. The van der Waals surface area contributed by atoms with Gasteiger partial charge in [0, 0.05) is 18.1 Å². The van der Waals surface area contributed by atoms with E-state index in [-0.39, 0.29) is 0 Å². The molecule has 0 aliphatic carbocycles. The van der Waals surface area contributed by atoms with E-state index in [2.05, 4.69) is 25.5 Å². The van der Waals surface area contributed by atoms with Gasteiger partial charge in [-0.25, -0.2) is 9.97 Å². The first kappa shape index (κ1) is 10.5. The van der Waals surface area contributed by atoms with E-state index in [1.165, 1.54) is 0 Å². The highest BCUT2D eigenvalue weighted by Gasteiger charge is 2.09. The minimum atomic E-state index is 0.643. The first-order valence-electron chi connectivity index (χ1n) is 5.56. The normalized spacial score (nSPS) is 10.2. The summed E-state index contributed by atoms with van der Waals surface area (Å²) in [6, 6.07) is 11.7. The van der Waals surface area contributed by atoms with E-state index < -0.39 is 0 Å². The molecule has 0 radical (unpaired) electrons. The molecule has 0 bridgehead atoms. The van der Waals surface area contributed by atoms with Gasteiger partial charge in [-0.15, -0.1) is 0 Å². The molecule has 0 aliphatic rings. The second-order valence-electron chi connectivity index (χ2n) is 3.72. The van der Waals surface area contributed by atoms with Crippen LogP contribution in [0.25, 0.3) is 11.4 Å².